The molecule has 0 aromatic carbocycles. The minimum Gasteiger partial charge on any atom is -0.479 e. The monoisotopic (exact) mass is 198 g/mol. The van der Waals surface area contributed by atoms with Gasteiger partial charge >= 0.3 is 5.97 Å². The van der Waals surface area contributed by atoms with E-state index in [4.69, 9.17) is 5.11 Å². The summed E-state index contributed by atoms with van der Waals surface area (Å²) < 4.78 is 1.60. The number of aromatic nitrogens is 2. The van der Waals surface area contributed by atoms with Gasteiger partial charge in [0.05, 0.1) is 5.69 Å². The van der Waals surface area contributed by atoms with E-state index < -0.39 is 11.6 Å². The van der Waals surface area contributed by atoms with Crippen LogP contribution in [-0.4, -0.2) is 31.6 Å². The standard InChI is InChI=1S/C9H14N2O3/c1-6-7(5-11(3)10-6)4-9(2,14)8(12)13/h5,14H,4H2,1-3H3,(H,12,13). The third-order valence-corrected chi connectivity index (χ3v) is 2.11. The second-order valence-corrected chi connectivity index (χ2v) is 3.67. The summed E-state index contributed by atoms with van der Waals surface area (Å²) >= 11 is 0. The van der Waals surface area contributed by atoms with Crippen LogP contribution in [0.1, 0.15) is 18.2 Å². The third kappa shape index (κ3) is 2.11. The largest absolute Gasteiger partial charge is 0.479 e. The highest BCUT2D eigenvalue weighted by Crippen LogP contribution is 2.15. The van der Waals surface area contributed by atoms with Gasteiger partial charge in [0.25, 0.3) is 0 Å². The topological polar surface area (TPSA) is 75.3 Å². The zero-order valence-electron chi connectivity index (χ0n) is 8.48. The number of carboxylic acid groups (broad SMARTS) is 1. The molecule has 0 aliphatic rings. The van der Waals surface area contributed by atoms with Crippen molar-refractivity contribution in [2.24, 2.45) is 7.05 Å². The van der Waals surface area contributed by atoms with Crippen LogP contribution >= 0.6 is 0 Å². The molecular formula is C9H14N2O3. The summed E-state index contributed by atoms with van der Waals surface area (Å²) in [6, 6.07) is 0. The molecule has 0 saturated heterocycles. The average molecular weight is 198 g/mol. The molecule has 0 bridgehead atoms. The van der Waals surface area contributed by atoms with Crippen LogP contribution in [0.2, 0.25) is 0 Å². The molecule has 0 radical (unpaired) electrons. The Hall–Kier alpha value is -1.36. The Balaban J connectivity index is 2.88. The highest BCUT2D eigenvalue weighted by atomic mass is 16.4. The summed E-state index contributed by atoms with van der Waals surface area (Å²) in [7, 11) is 1.76. The summed E-state index contributed by atoms with van der Waals surface area (Å²) in [5.74, 6) is -1.22. The van der Waals surface area contributed by atoms with E-state index >= 15 is 0 Å². The highest BCUT2D eigenvalue weighted by molar-refractivity contribution is 5.76. The lowest BCUT2D eigenvalue weighted by molar-refractivity contribution is -0.156. The fourth-order valence-electron chi connectivity index (χ4n) is 1.27. The number of carboxylic acids is 1. The molecule has 1 heterocycles. The summed E-state index contributed by atoms with van der Waals surface area (Å²) in [5.41, 5.74) is -0.234. The Kier molecular flexibility index (Phi) is 2.62. The van der Waals surface area contributed by atoms with Gasteiger partial charge in [0.1, 0.15) is 0 Å². The first kappa shape index (κ1) is 10.7. The van der Waals surface area contributed by atoms with Crippen LogP contribution in [0.25, 0.3) is 0 Å². The van der Waals surface area contributed by atoms with Crippen LogP contribution in [-0.2, 0) is 18.3 Å². The quantitative estimate of drug-likeness (QED) is 0.722. The zero-order valence-corrected chi connectivity index (χ0v) is 8.48. The molecule has 2 N–H and O–H groups in total. The van der Waals surface area contributed by atoms with E-state index in [-0.39, 0.29) is 6.42 Å². The first-order valence-electron chi connectivity index (χ1n) is 4.28. The van der Waals surface area contributed by atoms with Crippen LogP contribution in [0, 0.1) is 6.92 Å². The van der Waals surface area contributed by atoms with Crippen molar-refractivity contribution in [3.8, 4) is 0 Å². The Morgan fingerprint density at radius 1 is 1.71 bits per heavy atom. The summed E-state index contributed by atoms with van der Waals surface area (Å²) in [5, 5.41) is 22.3. The summed E-state index contributed by atoms with van der Waals surface area (Å²) in [6.45, 7) is 3.06. The number of aryl methyl sites for hydroxylation is 2. The molecule has 14 heavy (non-hydrogen) atoms. The van der Waals surface area contributed by atoms with E-state index in [0.29, 0.717) is 0 Å². The minimum atomic E-state index is -1.73. The normalized spacial score (nSPS) is 15.1. The zero-order chi connectivity index (χ0) is 10.9. The number of rotatable bonds is 3. The van der Waals surface area contributed by atoms with Gasteiger partial charge in [-0.1, -0.05) is 0 Å². The van der Waals surface area contributed by atoms with Crippen LogP contribution in [0.5, 0.6) is 0 Å². The first-order chi connectivity index (χ1) is 6.33. The maximum absolute atomic E-state index is 10.7. The predicted molar refractivity (Wildman–Crippen MR) is 49.9 cm³/mol. The van der Waals surface area contributed by atoms with E-state index in [1.54, 1.807) is 24.9 Å². The lowest BCUT2D eigenvalue weighted by Crippen LogP contribution is -2.37. The van der Waals surface area contributed by atoms with E-state index in [0.717, 1.165) is 11.3 Å². The van der Waals surface area contributed by atoms with E-state index in [1.165, 1.54) is 6.92 Å². The third-order valence-electron chi connectivity index (χ3n) is 2.11. The van der Waals surface area contributed by atoms with Crippen molar-refractivity contribution in [3.05, 3.63) is 17.5 Å². The maximum Gasteiger partial charge on any atom is 0.335 e. The van der Waals surface area contributed by atoms with Crippen molar-refractivity contribution in [2.45, 2.75) is 25.9 Å². The molecule has 78 valence electrons. The van der Waals surface area contributed by atoms with Gasteiger partial charge in [-0.15, -0.1) is 0 Å². The van der Waals surface area contributed by atoms with Gasteiger partial charge in [0.15, 0.2) is 5.60 Å². The van der Waals surface area contributed by atoms with E-state index in [1.807, 2.05) is 0 Å². The fourth-order valence-corrected chi connectivity index (χ4v) is 1.27. The van der Waals surface area contributed by atoms with Gasteiger partial charge in [-0.05, 0) is 19.4 Å². The van der Waals surface area contributed by atoms with E-state index in [2.05, 4.69) is 5.10 Å². The van der Waals surface area contributed by atoms with Crippen molar-refractivity contribution in [1.29, 1.82) is 0 Å². The van der Waals surface area contributed by atoms with Crippen molar-refractivity contribution >= 4 is 5.97 Å². The van der Waals surface area contributed by atoms with Crippen LogP contribution in [0.4, 0.5) is 0 Å². The van der Waals surface area contributed by atoms with Gasteiger partial charge in [-0.3, -0.25) is 4.68 Å². The number of nitrogens with zero attached hydrogens (tertiary/aromatic N) is 2. The number of hydrogen-bond acceptors (Lipinski definition) is 3. The average Bonchev–Trinajstić information content (AvgIpc) is 2.29. The lowest BCUT2D eigenvalue weighted by Gasteiger charge is -2.16. The number of carbonyl (C=O) groups is 1. The SMILES string of the molecule is Cc1nn(C)cc1CC(C)(O)C(=O)O. The molecule has 1 atom stereocenters. The lowest BCUT2D eigenvalue weighted by atomic mass is 9.97. The molecule has 0 saturated carbocycles. The molecule has 0 aliphatic heterocycles. The summed E-state index contributed by atoms with van der Waals surface area (Å²) in [4.78, 5) is 10.7. The van der Waals surface area contributed by atoms with Crippen LogP contribution < -0.4 is 0 Å². The number of hydrogen-bond donors (Lipinski definition) is 2. The number of aliphatic hydroxyl groups is 1. The van der Waals surface area contributed by atoms with Gasteiger partial charge in [0, 0.05) is 19.7 Å². The molecular weight excluding hydrogens is 184 g/mol. The molecule has 1 unspecified atom stereocenters. The van der Waals surface area contributed by atoms with Crippen LogP contribution in [0.15, 0.2) is 6.20 Å². The maximum atomic E-state index is 10.7. The Morgan fingerprint density at radius 2 is 2.29 bits per heavy atom. The molecule has 0 spiro atoms. The molecule has 5 nitrogen and oxygen atoms in total. The number of aliphatic carboxylic acids is 1. The minimum absolute atomic E-state index is 0.0714. The van der Waals surface area contributed by atoms with Crippen molar-refractivity contribution in [3.63, 3.8) is 0 Å². The van der Waals surface area contributed by atoms with Crippen molar-refractivity contribution in [2.75, 3.05) is 0 Å². The Morgan fingerprint density at radius 3 is 2.64 bits per heavy atom. The van der Waals surface area contributed by atoms with E-state index in [9.17, 15) is 9.90 Å². The fraction of sp³-hybridized carbons (Fsp3) is 0.556. The highest BCUT2D eigenvalue weighted by Gasteiger charge is 2.31. The van der Waals surface area contributed by atoms with Crippen LogP contribution in [0.3, 0.4) is 0 Å². The first-order valence-corrected chi connectivity index (χ1v) is 4.28. The molecule has 0 amide bonds. The van der Waals surface area contributed by atoms with Gasteiger partial charge < -0.3 is 10.2 Å². The van der Waals surface area contributed by atoms with Crippen molar-refractivity contribution < 1.29 is 15.0 Å². The molecule has 5 heteroatoms. The predicted octanol–water partition coefficient (Wildman–Crippen LogP) is 0.107. The second-order valence-electron chi connectivity index (χ2n) is 3.67. The molecule has 0 fully saturated rings. The van der Waals surface area contributed by atoms with Crippen molar-refractivity contribution in [1.82, 2.24) is 9.78 Å². The van der Waals surface area contributed by atoms with Gasteiger partial charge in [-0.2, -0.15) is 5.10 Å². The smallest absolute Gasteiger partial charge is 0.335 e. The summed E-state index contributed by atoms with van der Waals surface area (Å²) in [6.07, 6.45) is 1.79. The second kappa shape index (κ2) is 3.42. The van der Waals surface area contributed by atoms with Gasteiger partial charge in [0.2, 0.25) is 0 Å². The molecule has 0 aliphatic carbocycles. The van der Waals surface area contributed by atoms with Gasteiger partial charge in [-0.25, -0.2) is 4.79 Å². The molecule has 1 rings (SSSR count). The molecule has 1 aromatic rings. The Labute approximate surface area is 82.0 Å². The Bertz CT molecular complexity index is 355. The molecule has 1 aromatic heterocycles.